The van der Waals surface area contributed by atoms with E-state index in [1.807, 2.05) is 0 Å². The van der Waals surface area contributed by atoms with Crippen LogP contribution in [0, 0.1) is 0 Å². The summed E-state index contributed by atoms with van der Waals surface area (Å²) in [5.41, 5.74) is 0. The Kier molecular flexibility index (Phi) is 11.0. The lowest BCUT2D eigenvalue weighted by Crippen LogP contribution is -2.46. The van der Waals surface area contributed by atoms with Crippen LogP contribution in [0.2, 0.25) is 0 Å². The number of carbonyl (C=O) groups is 2. The maximum Gasteiger partial charge on any atom is 0.194 e. The molecule has 0 saturated heterocycles. The van der Waals surface area contributed by atoms with Crippen molar-refractivity contribution >= 4 is 26.9 Å². The van der Waals surface area contributed by atoms with Crippen molar-refractivity contribution in [3.63, 3.8) is 0 Å². The second-order valence-corrected chi connectivity index (χ2v) is 3.94. The third-order valence-corrected chi connectivity index (χ3v) is 1.42. The van der Waals surface area contributed by atoms with Gasteiger partial charge in [-0.05, 0) is 15.9 Å². The summed E-state index contributed by atoms with van der Waals surface area (Å²) in [6.45, 7) is 0.684. The van der Waals surface area contributed by atoms with Gasteiger partial charge in [-0.3, -0.25) is 4.79 Å². The molecule has 0 amide bonds. The van der Waals surface area contributed by atoms with Gasteiger partial charge in [0.15, 0.2) is 11.0 Å². The number of halogens is 1. The minimum atomic E-state index is -1.79. The molecule has 4 atom stereocenters. The van der Waals surface area contributed by atoms with Gasteiger partial charge in [-0.25, -0.2) is 0 Å². The molecule has 0 rings (SSSR count). The third-order valence-electron chi connectivity index (χ3n) is 1.42. The van der Waals surface area contributed by atoms with Crippen LogP contribution in [-0.2, 0) is 9.59 Å². The van der Waals surface area contributed by atoms with Crippen LogP contribution in [0.15, 0.2) is 0 Å². The van der Waals surface area contributed by atoms with Crippen molar-refractivity contribution in [3.8, 4) is 0 Å². The summed E-state index contributed by atoms with van der Waals surface area (Å²) in [7, 11) is 0. The Hall–Kier alpha value is -0.380. The summed E-state index contributed by atoms with van der Waals surface area (Å²) in [5.74, 6) is 0. The smallest absolute Gasteiger partial charge is 0.194 e. The van der Waals surface area contributed by atoms with Crippen LogP contribution in [0.3, 0.4) is 0 Å². The summed E-state index contributed by atoms with van der Waals surface area (Å²) in [4.78, 5) is 19.3. The number of hydrogen-bond acceptors (Lipinski definition) is 7. The van der Waals surface area contributed by atoms with Crippen molar-refractivity contribution < 1.29 is 35.1 Å². The maximum atomic E-state index is 9.90. The van der Waals surface area contributed by atoms with E-state index in [1.165, 1.54) is 6.92 Å². The second-order valence-electron chi connectivity index (χ2n) is 2.83. The quantitative estimate of drug-likeness (QED) is 0.281. The van der Waals surface area contributed by atoms with Crippen LogP contribution in [0.4, 0.5) is 0 Å². The highest BCUT2D eigenvalue weighted by atomic mass is 79.9. The SMILES string of the molecule is CC(=O)Br.O=CC(O)C(O)C(O)C(O)CO. The Bertz CT molecular complexity index is 207. The fourth-order valence-electron chi connectivity index (χ4n) is 0.618. The molecule has 0 heterocycles. The van der Waals surface area contributed by atoms with Crippen molar-refractivity contribution in [1.29, 1.82) is 0 Å². The fraction of sp³-hybridized carbons (Fsp3) is 0.750. The first-order chi connectivity index (χ1) is 7.27. The summed E-state index contributed by atoms with van der Waals surface area (Å²) in [5, 5.41) is 43.5. The lowest BCUT2D eigenvalue weighted by Gasteiger charge is -2.22. The van der Waals surface area contributed by atoms with Gasteiger partial charge in [-0.15, -0.1) is 0 Å². The van der Waals surface area contributed by atoms with Gasteiger partial charge in [0.05, 0.1) is 6.61 Å². The van der Waals surface area contributed by atoms with E-state index < -0.39 is 31.0 Å². The molecule has 0 bridgehead atoms. The minimum absolute atomic E-state index is 0.0208. The van der Waals surface area contributed by atoms with E-state index in [9.17, 15) is 9.59 Å². The molecule has 16 heavy (non-hydrogen) atoms. The molecule has 96 valence electrons. The molecule has 7 nitrogen and oxygen atoms in total. The summed E-state index contributed by atoms with van der Waals surface area (Å²) >= 11 is 2.63. The molecule has 0 aromatic heterocycles. The van der Waals surface area contributed by atoms with Crippen LogP contribution < -0.4 is 0 Å². The number of carbonyl (C=O) groups excluding carboxylic acids is 2. The first-order valence-corrected chi connectivity index (χ1v) is 5.01. The Morgan fingerprint density at radius 2 is 1.62 bits per heavy atom. The third kappa shape index (κ3) is 8.89. The zero-order chi connectivity index (χ0) is 13.3. The first-order valence-electron chi connectivity index (χ1n) is 4.22. The molecule has 5 N–H and O–H groups in total. The number of hydrogen-bond donors (Lipinski definition) is 5. The highest BCUT2D eigenvalue weighted by Crippen LogP contribution is 2.02. The van der Waals surface area contributed by atoms with Crippen molar-refractivity contribution in [2.24, 2.45) is 0 Å². The largest absolute Gasteiger partial charge is 0.394 e. The van der Waals surface area contributed by atoms with Gasteiger partial charge in [0.1, 0.15) is 24.4 Å². The molecule has 0 radical (unpaired) electrons. The molecule has 0 aliphatic carbocycles. The van der Waals surface area contributed by atoms with Gasteiger partial charge >= 0.3 is 0 Å². The predicted octanol–water partition coefficient (Wildman–Crippen LogP) is -2.45. The molecule has 0 aliphatic rings. The molecular weight excluding hydrogens is 288 g/mol. The normalized spacial score (nSPS) is 17.4. The summed E-state index contributed by atoms with van der Waals surface area (Å²) < 4.78 is -0.0208. The van der Waals surface area contributed by atoms with Crippen LogP contribution in [0.5, 0.6) is 0 Å². The molecule has 0 aliphatic heterocycles. The highest BCUT2D eigenvalue weighted by molar-refractivity contribution is 9.18. The van der Waals surface area contributed by atoms with Crippen LogP contribution in [0.1, 0.15) is 6.92 Å². The molecule has 8 heteroatoms. The second kappa shape index (κ2) is 9.82. The lowest BCUT2D eigenvalue weighted by molar-refractivity contribution is -0.136. The fourth-order valence-corrected chi connectivity index (χ4v) is 0.618. The molecule has 4 unspecified atom stereocenters. The van der Waals surface area contributed by atoms with Crippen molar-refractivity contribution in [2.75, 3.05) is 6.61 Å². The van der Waals surface area contributed by atoms with Crippen LogP contribution in [0.25, 0.3) is 0 Å². The van der Waals surface area contributed by atoms with Gasteiger partial charge in [-0.2, -0.15) is 0 Å². The molecule has 0 spiro atoms. The van der Waals surface area contributed by atoms with Gasteiger partial charge in [-0.1, -0.05) is 0 Å². The Labute approximate surface area is 100 Å². The summed E-state index contributed by atoms with van der Waals surface area (Å²) in [6, 6.07) is 0. The maximum absolute atomic E-state index is 9.90. The van der Waals surface area contributed by atoms with E-state index >= 15 is 0 Å². The van der Waals surface area contributed by atoms with Gasteiger partial charge < -0.3 is 30.3 Å². The molecule has 0 aromatic rings. The first kappa shape index (κ1) is 18.0. The van der Waals surface area contributed by atoms with E-state index in [0.717, 1.165) is 0 Å². The number of aliphatic hydroxyl groups excluding tert-OH is 5. The van der Waals surface area contributed by atoms with Gasteiger partial charge in [0, 0.05) is 6.92 Å². The Morgan fingerprint density at radius 3 is 1.88 bits per heavy atom. The minimum Gasteiger partial charge on any atom is -0.394 e. The van der Waals surface area contributed by atoms with E-state index in [4.69, 9.17) is 25.5 Å². The van der Waals surface area contributed by atoms with E-state index in [1.54, 1.807) is 0 Å². The zero-order valence-corrected chi connectivity index (χ0v) is 10.1. The van der Waals surface area contributed by atoms with E-state index in [-0.39, 0.29) is 11.0 Å². The number of aldehydes is 1. The molecule has 0 aromatic carbocycles. The van der Waals surface area contributed by atoms with E-state index in [0.29, 0.717) is 0 Å². The number of aliphatic hydroxyl groups is 5. The Balaban J connectivity index is 0. The van der Waals surface area contributed by atoms with Gasteiger partial charge in [0.2, 0.25) is 0 Å². The molecular formula is C8H15BrO7. The Morgan fingerprint density at radius 1 is 1.25 bits per heavy atom. The summed E-state index contributed by atoms with van der Waals surface area (Å²) in [6.07, 6.45) is -6.84. The standard InChI is InChI=1S/C6H12O6.C2H3BrO/c7-1-3(9)5(11)6(12)4(10)2-8;1-2(3)4/h1,3-6,8-12H,2H2;1H3. The lowest BCUT2D eigenvalue weighted by atomic mass is 10.0. The zero-order valence-electron chi connectivity index (χ0n) is 8.52. The van der Waals surface area contributed by atoms with Crippen molar-refractivity contribution in [2.45, 2.75) is 31.3 Å². The monoisotopic (exact) mass is 302 g/mol. The predicted molar refractivity (Wildman–Crippen MR) is 56.8 cm³/mol. The topological polar surface area (TPSA) is 135 Å². The average Bonchev–Trinajstić information content (AvgIpc) is 2.24. The van der Waals surface area contributed by atoms with Crippen LogP contribution in [-0.4, -0.2) is 67.5 Å². The van der Waals surface area contributed by atoms with E-state index in [2.05, 4.69) is 15.9 Å². The number of rotatable bonds is 5. The van der Waals surface area contributed by atoms with Crippen LogP contribution >= 0.6 is 15.9 Å². The van der Waals surface area contributed by atoms with Crippen molar-refractivity contribution in [1.82, 2.24) is 0 Å². The van der Waals surface area contributed by atoms with Gasteiger partial charge in [0.25, 0.3) is 0 Å². The molecule has 0 fully saturated rings. The average molecular weight is 303 g/mol. The molecule has 0 saturated carbocycles. The highest BCUT2D eigenvalue weighted by Gasteiger charge is 2.29. The van der Waals surface area contributed by atoms with Crippen molar-refractivity contribution in [3.05, 3.63) is 0 Å².